The summed E-state index contributed by atoms with van der Waals surface area (Å²) in [6.07, 6.45) is 1.80. The SMILES string of the molecule is NCc1ccccc1C(=O)N1CCN(c2ccccn2)CC1. The Balaban J connectivity index is 1.67. The normalized spacial score (nSPS) is 15.0. The summed E-state index contributed by atoms with van der Waals surface area (Å²) in [5, 5.41) is 0. The Labute approximate surface area is 130 Å². The van der Waals surface area contributed by atoms with Crippen LogP contribution in [-0.2, 0) is 6.54 Å². The number of anilines is 1. The number of hydrogen-bond acceptors (Lipinski definition) is 4. The number of piperazine rings is 1. The van der Waals surface area contributed by atoms with Crippen LogP contribution in [0.15, 0.2) is 48.7 Å². The molecule has 2 aromatic rings. The second-order valence-corrected chi connectivity index (χ2v) is 5.33. The maximum Gasteiger partial charge on any atom is 0.254 e. The smallest absolute Gasteiger partial charge is 0.254 e. The van der Waals surface area contributed by atoms with Gasteiger partial charge in [-0.2, -0.15) is 0 Å². The minimum Gasteiger partial charge on any atom is -0.353 e. The zero-order valence-corrected chi connectivity index (χ0v) is 12.5. The quantitative estimate of drug-likeness (QED) is 0.932. The van der Waals surface area contributed by atoms with E-state index >= 15 is 0 Å². The Morgan fingerprint density at radius 3 is 2.45 bits per heavy atom. The highest BCUT2D eigenvalue weighted by molar-refractivity contribution is 5.95. The highest BCUT2D eigenvalue weighted by Crippen LogP contribution is 2.16. The number of benzene rings is 1. The molecule has 1 amide bonds. The molecule has 3 rings (SSSR count). The first-order valence-electron chi connectivity index (χ1n) is 7.53. The molecule has 5 heteroatoms. The summed E-state index contributed by atoms with van der Waals surface area (Å²) in [5.41, 5.74) is 7.35. The average molecular weight is 296 g/mol. The van der Waals surface area contributed by atoms with Crippen molar-refractivity contribution in [1.82, 2.24) is 9.88 Å². The third kappa shape index (κ3) is 2.94. The topological polar surface area (TPSA) is 62.5 Å². The zero-order valence-electron chi connectivity index (χ0n) is 12.5. The predicted molar refractivity (Wildman–Crippen MR) is 86.7 cm³/mol. The van der Waals surface area contributed by atoms with E-state index in [0.717, 1.165) is 30.0 Å². The number of aromatic nitrogens is 1. The third-order valence-electron chi connectivity index (χ3n) is 4.01. The van der Waals surface area contributed by atoms with Crippen molar-refractivity contribution < 1.29 is 4.79 Å². The standard InChI is InChI=1S/C17H20N4O/c18-13-14-5-1-2-6-15(14)17(22)21-11-9-20(10-12-21)16-7-3-4-8-19-16/h1-8H,9-13,18H2. The maximum absolute atomic E-state index is 12.7. The molecule has 1 aliphatic heterocycles. The number of carbonyl (C=O) groups is 1. The second-order valence-electron chi connectivity index (χ2n) is 5.33. The van der Waals surface area contributed by atoms with Crippen molar-refractivity contribution >= 4 is 11.7 Å². The van der Waals surface area contributed by atoms with E-state index in [1.54, 1.807) is 6.20 Å². The number of hydrogen-bond donors (Lipinski definition) is 1. The van der Waals surface area contributed by atoms with Gasteiger partial charge in [0.1, 0.15) is 5.82 Å². The van der Waals surface area contributed by atoms with Gasteiger partial charge in [-0.1, -0.05) is 24.3 Å². The minimum atomic E-state index is 0.0710. The molecule has 1 aromatic heterocycles. The molecule has 2 N–H and O–H groups in total. The van der Waals surface area contributed by atoms with Gasteiger partial charge in [-0.3, -0.25) is 4.79 Å². The molecule has 22 heavy (non-hydrogen) atoms. The minimum absolute atomic E-state index is 0.0710. The van der Waals surface area contributed by atoms with Gasteiger partial charge in [0, 0.05) is 44.5 Å². The van der Waals surface area contributed by atoms with Crippen molar-refractivity contribution in [3.05, 3.63) is 59.8 Å². The van der Waals surface area contributed by atoms with E-state index in [-0.39, 0.29) is 5.91 Å². The van der Waals surface area contributed by atoms with Crippen LogP contribution in [0.4, 0.5) is 5.82 Å². The summed E-state index contributed by atoms with van der Waals surface area (Å²) in [4.78, 5) is 21.1. The van der Waals surface area contributed by atoms with Gasteiger partial charge in [0.25, 0.3) is 5.91 Å². The Kier molecular flexibility index (Phi) is 4.34. The second kappa shape index (κ2) is 6.58. The van der Waals surface area contributed by atoms with Crippen LogP contribution in [0.1, 0.15) is 15.9 Å². The first kappa shape index (κ1) is 14.5. The van der Waals surface area contributed by atoms with Gasteiger partial charge in [-0.05, 0) is 23.8 Å². The van der Waals surface area contributed by atoms with Gasteiger partial charge in [0.2, 0.25) is 0 Å². The number of amides is 1. The first-order chi connectivity index (χ1) is 10.8. The van der Waals surface area contributed by atoms with Gasteiger partial charge < -0.3 is 15.5 Å². The van der Waals surface area contributed by atoms with Crippen molar-refractivity contribution in [2.24, 2.45) is 5.73 Å². The van der Waals surface area contributed by atoms with E-state index in [9.17, 15) is 4.79 Å². The molecule has 2 heterocycles. The van der Waals surface area contributed by atoms with Crippen LogP contribution in [0.2, 0.25) is 0 Å². The molecule has 0 atom stereocenters. The molecule has 0 radical (unpaired) electrons. The summed E-state index contributed by atoms with van der Waals surface area (Å²) in [6, 6.07) is 13.5. The number of rotatable bonds is 3. The Morgan fingerprint density at radius 2 is 1.77 bits per heavy atom. The highest BCUT2D eigenvalue weighted by atomic mass is 16.2. The molecule has 0 spiro atoms. The van der Waals surface area contributed by atoms with E-state index in [2.05, 4.69) is 9.88 Å². The molecule has 1 fully saturated rings. The van der Waals surface area contributed by atoms with Crippen LogP contribution in [0, 0.1) is 0 Å². The number of nitrogens with two attached hydrogens (primary N) is 1. The van der Waals surface area contributed by atoms with E-state index in [4.69, 9.17) is 5.73 Å². The van der Waals surface area contributed by atoms with Crippen molar-refractivity contribution in [2.45, 2.75) is 6.54 Å². The largest absolute Gasteiger partial charge is 0.353 e. The summed E-state index contributed by atoms with van der Waals surface area (Å²) < 4.78 is 0. The van der Waals surface area contributed by atoms with Crippen LogP contribution in [0.5, 0.6) is 0 Å². The van der Waals surface area contributed by atoms with E-state index < -0.39 is 0 Å². The molecule has 5 nitrogen and oxygen atoms in total. The molecule has 1 saturated heterocycles. The molecular formula is C17H20N4O. The van der Waals surface area contributed by atoms with Crippen molar-refractivity contribution in [3.8, 4) is 0 Å². The maximum atomic E-state index is 12.7. The first-order valence-corrected chi connectivity index (χ1v) is 7.53. The fraction of sp³-hybridized carbons (Fsp3) is 0.294. The van der Waals surface area contributed by atoms with Gasteiger partial charge in [-0.25, -0.2) is 4.98 Å². The van der Waals surface area contributed by atoms with Crippen LogP contribution >= 0.6 is 0 Å². The van der Waals surface area contributed by atoms with Gasteiger partial charge >= 0.3 is 0 Å². The number of carbonyl (C=O) groups excluding carboxylic acids is 1. The molecule has 0 aliphatic carbocycles. The number of nitrogens with zero attached hydrogens (tertiary/aromatic N) is 3. The molecule has 0 saturated carbocycles. The summed E-state index contributed by atoms with van der Waals surface area (Å²) in [5.74, 6) is 1.04. The Hall–Kier alpha value is -2.40. The van der Waals surface area contributed by atoms with E-state index in [0.29, 0.717) is 19.6 Å². The van der Waals surface area contributed by atoms with Crippen LogP contribution < -0.4 is 10.6 Å². The number of pyridine rings is 1. The monoisotopic (exact) mass is 296 g/mol. The lowest BCUT2D eigenvalue weighted by Gasteiger charge is -2.35. The lowest BCUT2D eigenvalue weighted by Crippen LogP contribution is -2.49. The highest BCUT2D eigenvalue weighted by Gasteiger charge is 2.23. The third-order valence-corrected chi connectivity index (χ3v) is 4.01. The summed E-state index contributed by atoms with van der Waals surface area (Å²) >= 11 is 0. The lowest BCUT2D eigenvalue weighted by atomic mass is 10.1. The van der Waals surface area contributed by atoms with E-state index in [1.807, 2.05) is 47.4 Å². The Morgan fingerprint density at radius 1 is 1.05 bits per heavy atom. The zero-order chi connectivity index (χ0) is 15.4. The summed E-state index contributed by atoms with van der Waals surface area (Å²) in [7, 11) is 0. The van der Waals surface area contributed by atoms with Crippen LogP contribution in [0.3, 0.4) is 0 Å². The van der Waals surface area contributed by atoms with Gasteiger partial charge in [-0.15, -0.1) is 0 Å². The van der Waals surface area contributed by atoms with Gasteiger partial charge in [0.15, 0.2) is 0 Å². The summed E-state index contributed by atoms with van der Waals surface area (Å²) in [6.45, 7) is 3.39. The molecule has 1 aromatic carbocycles. The molecule has 114 valence electrons. The average Bonchev–Trinajstić information content (AvgIpc) is 2.62. The van der Waals surface area contributed by atoms with Crippen molar-refractivity contribution in [1.29, 1.82) is 0 Å². The molecular weight excluding hydrogens is 276 g/mol. The predicted octanol–water partition coefficient (Wildman–Crippen LogP) is 1.50. The molecule has 1 aliphatic rings. The van der Waals surface area contributed by atoms with Crippen LogP contribution in [0.25, 0.3) is 0 Å². The van der Waals surface area contributed by atoms with E-state index in [1.165, 1.54) is 0 Å². The Bertz CT molecular complexity index is 636. The van der Waals surface area contributed by atoms with Crippen molar-refractivity contribution in [3.63, 3.8) is 0 Å². The van der Waals surface area contributed by atoms with Crippen molar-refractivity contribution in [2.75, 3.05) is 31.1 Å². The van der Waals surface area contributed by atoms with Crippen LogP contribution in [-0.4, -0.2) is 42.0 Å². The molecule has 0 bridgehead atoms. The lowest BCUT2D eigenvalue weighted by molar-refractivity contribution is 0.0745. The van der Waals surface area contributed by atoms with Gasteiger partial charge in [0.05, 0.1) is 0 Å². The molecule has 0 unspecified atom stereocenters. The fourth-order valence-electron chi connectivity index (χ4n) is 2.76. The fourth-order valence-corrected chi connectivity index (χ4v) is 2.76.